The van der Waals surface area contributed by atoms with Crippen molar-refractivity contribution in [1.82, 2.24) is 9.55 Å². The van der Waals surface area contributed by atoms with Gasteiger partial charge in [0.25, 0.3) is 0 Å². The zero-order valence-corrected chi connectivity index (χ0v) is 42.1. The first-order valence-electron chi connectivity index (χ1n) is 23.9. The van der Waals surface area contributed by atoms with Gasteiger partial charge in [-0.1, -0.05) is 173 Å². The molecule has 0 saturated carbocycles. The van der Waals surface area contributed by atoms with Gasteiger partial charge in [0.2, 0.25) is 0 Å². The van der Waals surface area contributed by atoms with Gasteiger partial charge in [0, 0.05) is 30.4 Å². The van der Waals surface area contributed by atoms with Gasteiger partial charge < -0.3 is 24.2 Å². The number of carbonyl (C=O) groups is 2. The summed E-state index contributed by atoms with van der Waals surface area (Å²) in [7, 11) is -4.81. The summed E-state index contributed by atoms with van der Waals surface area (Å²) in [6.45, 7) is 4.42. The summed E-state index contributed by atoms with van der Waals surface area (Å²) in [6.07, 6.45) is 29.0. The number of phosphoric ester groups is 1. The summed E-state index contributed by atoms with van der Waals surface area (Å²) in [5, 5.41) is 15.5. The number of hydrogen-bond donors (Lipinski definition) is 1. The SMILES string of the molecule is CCCCCCCCCCCCCCCC(=O)OC[C@H](COP(=O)(O)OC[C@H]1O[C@@H](n2cc(C)c([O-])nc2=O)C[C@@H]1N=[N+]=[N-])OC(=O)CCCCCCCCCCCCCCC.[Na+]. The van der Waals surface area contributed by atoms with Crippen LogP contribution in [0.4, 0.5) is 0 Å². The van der Waals surface area contributed by atoms with Gasteiger partial charge in [-0.05, 0) is 36.7 Å². The number of carbonyl (C=O) groups excluding carboxylic acids is 2. The van der Waals surface area contributed by atoms with Gasteiger partial charge in [0.05, 0.1) is 25.4 Å². The fourth-order valence-electron chi connectivity index (χ4n) is 7.56. The average Bonchev–Trinajstić information content (AvgIpc) is 3.65. The van der Waals surface area contributed by atoms with Crippen LogP contribution in [0.3, 0.4) is 0 Å². The predicted molar refractivity (Wildman–Crippen MR) is 237 cm³/mol. The molecule has 16 nitrogen and oxygen atoms in total. The second kappa shape index (κ2) is 37.1. The van der Waals surface area contributed by atoms with Crippen LogP contribution in [0.1, 0.15) is 212 Å². The molecule has 0 aliphatic carbocycles. The molecule has 5 atom stereocenters. The van der Waals surface area contributed by atoms with E-state index in [1.165, 1.54) is 129 Å². The van der Waals surface area contributed by atoms with Gasteiger partial charge in [-0.15, -0.1) is 0 Å². The third kappa shape index (κ3) is 28.6. The van der Waals surface area contributed by atoms with E-state index >= 15 is 0 Å². The monoisotopic (exact) mass is 920 g/mol. The minimum atomic E-state index is -4.81. The van der Waals surface area contributed by atoms with Crippen LogP contribution >= 0.6 is 7.82 Å². The molecule has 1 saturated heterocycles. The Labute approximate surface area is 399 Å². The summed E-state index contributed by atoms with van der Waals surface area (Å²) in [6, 6.07) is -0.891. The van der Waals surface area contributed by atoms with Crippen molar-refractivity contribution in [3.63, 3.8) is 0 Å². The van der Waals surface area contributed by atoms with Crippen molar-refractivity contribution < 1.29 is 77.0 Å². The van der Waals surface area contributed by atoms with E-state index in [-0.39, 0.29) is 61.0 Å². The van der Waals surface area contributed by atoms with Gasteiger partial charge in [0.15, 0.2) is 6.10 Å². The molecule has 356 valence electrons. The molecule has 18 heteroatoms. The standard InChI is InChI=1S/C45H80N5O11P.Na/c1-4-6-8-10-12-14-16-18-20-22-24-26-28-30-42(51)57-34-38(60-43(52)31-29-27-25-23-21-19-17-15-13-11-9-7-5-2)35-58-62(55,56)59-36-40-39(48-49-46)32-41(61-40)50-33-37(3)44(53)47-45(50)54;/h33,38-41H,4-32,34-36H2,1-3H3,(H,55,56)(H,47,53,54);/q;+1/p-1/t38-,39+,40-,41-;/m1./s1. The minimum absolute atomic E-state index is 0. The van der Waals surface area contributed by atoms with E-state index in [9.17, 15) is 28.9 Å². The summed E-state index contributed by atoms with van der Waals surface area (Å²) in [4.78, 5) is 54.7. The van der Waals surface area contributed by atoms with Gasteiger partial charge in [-0.3, -0.25) is 23.2 Å². The first kappa shape index (κ1) is 59.0. The Hall–Kier alpha value is -2.00. The summed E-state index contributed by atoms with van der Waals surface area (Å²) in [5.74, 6) is -1.67. The zero-order chi connectivity index (χ0) is 45.3. The van der Waals surface area contributed by atoms with E-state index in [4.69, 9.17) is 28.8 Å². The predicted octanol–water partition coefficient (Wildman–Crippen LogP) is 8.15. The molecule has 1 aliphatic heterocycles. The molecule has 1 aliphatic rings. The van der Waals surface area contributed by atoms with Crippen molar-refractivity contribution in [3.8, 4) is 5.88 Å². The fraction of sp³-hybridized carbons (Fsp3) is 0.867. The second-order valence-electron chi connectivity index (χ2n) is 16.9. The molecular weight excluding hydrogens is 840 g/mol. The molecule has 0 amide bonds. The summed E-state index contributed by atoms with van der Waals surface area (Å²) >= 11 is 0. The summed E-state index contributed by atoms with van der Waals surface area (Å²) in [5.41, 5.74) is 8.44. The Bertz CT molecular complexity index is 1530. The second-order valence-corrected chi connectivity index (χ2v) is 18.3. The zero-order valence-electron chi connectivity index (χ0n) is 39.2. The molecule has 2 rings (SSSR count). The van der Waals surface area contributed by atoms with Crippen LogP contribution in [0.2, 0.25) is 0 Å². The smallest absolute Gasteiger partial charge is 0.858 e. The average molecular weight is 920 g/mol. The number of ether oxygens (including phenoxy) is 3. The van der Waals surface area contributed by atoms with Crippen molar-refractivity contribution >= 4 is 19.8 Å². The number of nitrogens with zero attached hydrogens (tertiary/aromatic N) is 5. The Kier molecular flexibility index (Phi) is 34.8. The molecule has 1 N–H and O–H groups in total. The van der Waals surface area contributed by atoms with Gasteiger partial charge >= 0.3 is 55.0 Å². The largest absolute Gasteiger partial charge is 1.00 e. The Morgan fingerprint density at radius 2 is 1.29 bits per heavy atom. The van der Waals surface area contributed by atoms with Crippen LogP contribution < -0.4 is 40.4 Å². The molecule has 1 aromatic rings. The number of esters is 2. The first-order chi connectivity index (χ1) is 30.0. The Morgan fingerprint density at radius 1 is 0.825 bits per heavy atom. The Morgan fingerprint density at radius 3 is 1.76 bits per heavy atom. The van der Waals surface area contributed by atoms with Gasteiger partial charge in [0.1, 0.15) is 12.8 Å². The number of rotatable bonds is 39. The maximum absolute atomic E-state index is 13.0. The van der Waals surface area contributed by atoms with Crippen LogP contribution in [-0.4, -0.2) is 64.5 Å². The van der Waals surface area contributed by atoms with Crippen LogP contribution in [-0.2, 0) is 37.4 Å². The molecule has 0 bridgehead atoms. The number of azide groups is 1. The number of hydrogen-bond acceptors (Lipinski definition) is 12. The van der Waals surface area contributed by atoms with Crippen molar-refractivity contribution in [2.45, 2.75) is 231 Å². The number of phosphoric acid groups is 1. The molecule has 0 radical (unpaired) electrons. The Balaban J connectivity index is 0.0000198. The van der Waals surface area contributed by atoms with E-state index in [2.05, 4.69) is 28.9 Å². The molecule has 0 aromatic carbocycles. The van der Waals surface area contributed by atoms with Gasteiger partial charge in [-0.2, -0.15) is 0 Å². The normalized spacial score (nSPS) is 17.4. The number of unbranched alkanes of at least 4 members (excludes halogenated alkanes) is 24. The molecule has 63 heavy (non-hydrogen) atoms. The van der Waals surface area contributed by atoms with E-state index < -0.39 is 69.0 Å². The van der Waals surface area contributed by atoms with Crippen molar-refractivity contribution in [1.29, 1.82) is 0 Å². The van der Waals surface area contributed by atoms with Crippen LogP contribution in [0.25, 0.3) is 10.4 Å². The summed E-state index contributed by atoms with van der Waals surface area (Å²) < 4.78 is 41.3. The van der Waals surface area contributed by atoms with Crippen LogP contribution in [0.15, 0.2) is 16.1 Å². The van der Waals surface area contributed by atoms with E-state index in [1.54, 1.807) is 0 Å². The van der Waals surface area contributed by atoms with Gasteiger partial charge in [-0.25, -0.2) is 14.3 Å². The first-order valence-corrected chi connectivity index (χ1v) is 25.4. The third-order valence-corrected chi connectivity index (χ3v) is 12.3. The van der Waals surface area contributed by atoms with Crippen molar-refractivity contribution in [3.05, 3.63) is 32.7 Å². The molecule has 2 heterocycles. The maximum Gasteiger partial charge on any atom is 1.00 e. The fourth-order valence-corrected chi connectivity index (χ4v) is 8.32. The van der Waals surface area contributed by atoms with Crippen LogP contribution in [0, 0.1) is 6.92 Å². The molecule has 1 fully saturated rings. The van der Waals surface area contributed by atoms with Crippen molar-refractivity contribution in [2.24, 2.45) is 5.11 Å². The minimum Gasteiger partial charge on any atom is -0.858 e. The van der Waals surface area contributed by atoms with E-state index in [0.29, 0.717) is 12.8 Å². The molecule has 1 aromatic heterocycles. The third-order valence-electron chi connectivity index (χ3n) is 11.3. The van der Waals surface area contributed by atoms with E-state index in [0.717, 1.165) is 43.1 Å². The number of aromatic nitrogens is 2. The van der Waals surface area contributed by atoms with Crippen molar-refractivity contribution in [2.75, 3.05) is 19.8 Å². The van der Waals surface area contributed by atoms with E-state index in [1.807, 2.05) is 0 Å². The maximum atomic E-state index is 13.0. The topological polar surface area (TPSA) is 224 Å². The number of aryl methyl sites for hydroxylation is 1. The molecule has 0 spiro atoms. The molecule has 1 unspecified atom stereocenters. The van der Waals surface area contributed by atoms with Crippen LogP contribution in [0.5, 0.6) is 5.88 Å². The molecular formula is C45H79N5NaO11P. The quantitative estimate of drug-likeness (QED) is 0.0126.